The third kappa shape index (κ3) is 2.43. The van der Waals surface area contributed by atoms with Crippen molar-refractivity contribution in [3.05, 3.63) is 78.4 Å². The highest BCUT2D eigenvalue weighted by Crippen LogP contribution is 2.28. The summed E-state index contributed by atoms with van der Waals surface area (Å²) in [6.07, 6.45) is 0. The summed E-state index contributed by atoms with van der Waals surface area (Å²) < 4.78 is 0. The average Bonchev–Trinajstić information content (AvgIpc) is 2.51. The SMILES string of the molecule is Cc1cc(-c2cccc(-c3ccccc3)c2)ccc1O. The number of aryl methyl sites for hydroxylation is 1. The maximum atomic E-state index is 9.62. The maximum Gasteiger partial charge on any atom is 0.118 e. The van der Waals surface area contributed by atoms with E-state index in [0.717, 1.165) is 16.7 Å². The van der Waals surface area contributed by atoms with Crippen molar-refractivity contribution < 1.29 is 5.11 Å². The average molecular weight is 260 g/mol. The van der Waals surface area contributed by atoms with Gasteiger partial charge in [-0.05, 0) is 52.9 Å². The van der Waals surface area contributed by atoms with E-state index >= 15 is 0 Å². The summed E-state index contributed by atoms with van der Waals surface area (Å²) >= 11 is 0. The fourth-order valence-electron chi connectivity index (χ4n) is 2.34. The molecule has 0 aliphatic carbocycles. The highest BCUT2D eigenvalue weighted by atomic mass is 16.3. The zero-order valence-corrected chi connectivity index (χ0v) is 11.4. The highest BCUT2D eigenvalue weighted by molar-refractivity contribution is 5.73. The summed E-state index contributed by atoms with van der Waals surface area (Å²) in [5.74, 6) is 0.341. The Labute approximate surface area is 119 Å². The summed E-state index contributed by atoms with van der Waals surface area (Å²) in [6, 6.07) is 24.5. The molecule has 1 heteroatoms. The first-order valence-electron chi connectivity index (χ1n) is 6.69. The van der Waals surface area contributed by atoms with Crippen LogP contribution in [0.25, 0.3) is 22.3 Å². The Kier molecular flexibility index (Phi) is 3.26. The zero-order valence-electron chi connectivity index (χ0n) is 11.4. The lowest BCUT2D eigenvalue weighted by atomic mass is 9.98. The van der Waals surface area contributed by atoms with Crippen molar-refractivity contribution in [2.45, 2.75) is 6.92 Å². The van der Waals surface area contributed by atoms with E-state index in [0.29, 0.717) is 5.75 Å². The van der Waals surface area contributed by atoms with Gasteiger partial charge in [0.15, 0.2) is 0 Å². The third-order valence-electron chi connectivity index (χ3n) is 3.50. The first-order chi connectivity index (χ1) is 9.74. The predicted molar refractivity (Wildman–Crippen MR) is 83.7 cm³/mol. The normalized spacial score (nSPS) is 10.4. The minimum Gasteiger partial charge on any atom is -0.508 e. The molecule has 0 aromatic heterocycles. The van der Waals surface area contributed by atoms with Gasteiger partial charge in [0.2, 0.25) is 0 Å². The van der Waals surface area contributed by atoms with Crippen molar-refractivity contribution in [2.75, 3.05) is 0 Å². The summed E-state index contributed by atoms with van der Waals surface area (Å²) in [4.78, 5) is 0. The molecule has 0 aliphatic heterocycles. The Morgan fingerprint density at radius 2 is 1.20 bits per heavy atom. The van der Waals surface area contributed by atoms with Crippen molar-refractivity contribution >= 4 is 0 Å². The molecule has 0 fully saturated rings. The van der Waals surface area contributed by atoms with E-state index in [-0.39, 0.29) is 0 Å². The molecular formula is C19H16O. The molecule has 0 aliphatic rings. The second kappa shape index (κ2) is 5.22. The number of phenols is 1. The van der Waals surface area contributed by atoms with Crippen molar-refractivity contribution in [3.8, 4) is 28.0 Å². The molecule has 0 saturated carbocycles. The molecule has 20 heavy (non-hydrogen) atoms. The van der Waals surface area contributed by atoms with Crippen LogP contribution in [0.5, 0.6) is 5.75 Å². The predicted octanol–water partition coefficient (Wildman–Crippen LogP) is 5.03. The van der Waals surface area contributed by atoms with Gasteiger partial charge in [-0.25, -0.2) is 0 Å². The molecule has 0 amide bonds. The van der Waals surface area contributed by atoms with E-state index in [9.17, 15) is 5.11 Å². The van der Waals surface area contributed by atoms with Crippen LogP contribution in [-0.2, 0) is 0 Å². The summed E-state index contributed by atoms with van der Waals surface area (Å²) in [5.41, 5.74) is 5.60. The number of benzene rings is 3. The van der Waals surface area contributed by atoms with Gasteiger partial charge in [0, 0.05) is 0 Å². The molecular weight excluding hydrogens is 244 g/mol. The van der Waals surface area contributed by atoms with E-state index in [2.05, 4.69) is 36.4 Å². The summed E-state index contributed by atoms with van der Waals surface area (Å²) in [5, 5.41) is 9.62. The quantitative estimate of drug-likeness (QED) is 0.684. The Morgan fingerprint density at radius 3 is 1.90 bits per heavy atom. The van der Waals surface area contributed by atoms with Crippen LogP contribution in [0.4, 0.5) is 0 Å². The smallest absolute Gasteiger partial charge is 0.118 e. The van der Waals surface area contributed by atoms with Gasteiger partial charge in [0.1, 0.15) is 5.75 Å². The maximum absolute atomic E-state index is 9.62. The molecule has 0 spiro atoms. The molecule has 3 rings (SSSR count). The topological polar surface area (TPSA) is 20.2 Å². The molecule has 0 radical (unpaired) electrons. The van der Waals surface area contributed by atoms with Gasteiger partial charge in [0.05, 0.1) is 0 Å². The lowest BCUT2D eigenvalue weighted by Gasteiger charge is -2.07. The van der Waals surface area contributed by atoms with E-state index in [1.807, 2.05) is 37.3 Å². The number of aromatic hydroxyl groups is 1. The Hall–Kier alpha value is -2.54. The Balaban J connectivity index is 2.05. The monoisotopic (exact) mass is 260 g/mol. The lowest BCUT2D eigenvalue weighted by molar-refractivity contribution is 0.471. The van der Waals surface area contributed by atoms with Crippen molar-refractivity contribution in [1.82, 2.24) is 0 Å². The van der Waals surface area contributed by atoms with Crippen LogP contribution in [0.15, 0.2) is 72.8 Å². The second-order valence-electron chi connectivity index (χ2n) is 4.95. The molecule has 0 saturated heterocycles. The zero-order chi connectivity index (χ0) is 13.9. The van der Waals surface area contributed by atoms with E-state index in [1.165, 1.54) is 11.1 Å². The molecule has 1 nitrogen and oxygen atoms in total. The highest BCUT2D eigenvalue weighted by Gasteiger charge is 2.03. The van der Waals surface area contributed by atoms with Gasteiger partial charge in [-0.15, -0.1) is 0 Å². The van der Waals surface area contributed by atoms with Crippen LogP contribution in [0.3, 0.4) is 0 Å². The van der Waals surface area contributed by atoms with Gasteiger partial charge in [-0.1, -0.05) is 54.6 Å². The van der Waals surface area contributed by atoms with Gasteiger partial charge in [-0.3, -0.25) is 0 Å². The van der Waals surface area contributed by atoms with E-state index in [1.54, 1.807) is 6.07 Å². The number of hydrogen-bond donors (Lipinski definition) is 1. The molecule has 1 N–H and O–H groups in total. The largest absolute Gasteiger partial charge is 0.508 e. The van der Waals surface area contributed by atoms with Crippen LogP contribution in [0.1, 0.15) is 5.56 Å². The van der Waals surface area contributed by atoms with Crippen LogP contribution < -0.4 is 0 Å². The van der Waals surface area contributed by atoms with Crippen molar-refractivity contribution in [3.63, 3.8) is 0 Å². The minimum absolute atomic E-state index is 0.341. The number of hydrogen-bond acceptors (Lipinski definition) is 1. The van der Waals surface area contributed by atoms with Crippen molar-refractivity contribution in [1.29, 1.82) is 0 Å². The minimum atomic E-state index is 0.341. The van der Waals surface area contributed by atoms with E-state index < -0.39 is 0 Å². The summed E-state index contributed by atoms with van der Waals surface area (Å²) in [7, 11) is 0. The first kappa shape index (κ1) is 12.5. The van der Waals surface area contributed by atoms with Gasteiger partial charge < -0.3 is 5.11 Å². The third-order valence-corrected chi connectivity index (χ3v) is 3.50. The van der Waals surface area contributed by atoms with Gasteiger partial charge in [0.25, 0.3) is 0 Å². The molecule has 0 bridgehead atoms. The Bertz CT molecular complexity index is 730. The molecule has 3 aromatic rings. The van der Waals surface area contributed by atoms with Gasteiger partial charge in [-0.2, -0.15) is 0 Å². The van der Waals surface area contributed by atoms with Crippen LogP contribution in [0, 0.1) is 6.92 Å². The van der Waals surface area contributed by atoms with Crippen LogP contribution in [-0.4, -0.2) is 5.11 Å². The standard InChI is InChI=1S/C19H16O/c1-14-12-18(10-11-19(14)20)17-9-5-8-16(13-17)15-6-3-2-4-7-15/h2-13,20H,1H3. The van der Waals surface area contributed by atoms with Crippen LogP contribution in [0.2, 0.25) is 0 Å². The van der Waals surface area contributed by atoms with E-state index in [4.69, 9.17) is 0 Å². The van der Waals surface area contributed by atoms with Crippen LogP contribution >= 0.6 is 0 Å². The molecule has 3 aromatic carbocycles. The number of rotatable bonds is 2. The molecule has 0 unspecified atom stereocenters. The fraction of sp³-hybridized carbons (Fsp3) is 0.0526. The lowest BCUT2D eigenvalue weighted by Crippen LogP contribution is -1.83. The first-order valence-corrected chi connectivity index (χ1v) is 6.69. The number of phenolic OH excluding ortho intramolecular Hbond substituents is 1. The van der Waals surface area contributed by atoms with Gasteiger partial charge >= 0.3 is 0 Å². The molecule has 98 valence electrons. The fourth-order valence-corrected chi connectivity index (χ4v) is 2.34. The van der Waals surface area contributed by atoms with Crippen molar-refractivity contribution in [2.24, 2.45) is 0 Å². The second-order valence-corrected chi connectivity index (χ2v) is 4.95. The Morgan fingerprint density at radius 1 is 0.600 bits per heavy atom. The molecule has 0 atom stereocenters. The molecule has 0 heterocycles. The summed E-state index contributed by atoms with van der Waals surface area (Å²) in [6.45, 7) is 1.92.